The summed E-state index contributed by atoms with van der Waals surface area (Å²) in [7, 11) is 0. The molecule has 3 heterocycles. The van der Waals surface area contributed by atoms with Crippen LogP contribution in [0.25, 0.3) is 0 Å². The Kier molecular flexibility index (Phi) is 6.16. The van der Waals surface area contributed by atoms with Crippen LogP contribution >= 0.6 is 0 Å². The van der Waals surface area contributed by atoms with Crippen molar-refractivity contribution in [3.8, 4) is 0 Å². The molecule has 1 unspecified atom stereocenters. The number of aromatic nitrogens is 2. The number of benzene rings is 1. The van der Waals surface area contributed by atoms with E-state index < -0.39 is 0 Å². The molecule has 2 fully saturated rings. The average Bonchev–Trinajstić information content (AvgIpc) is 2.76. The maximum atomic E-state index is 13.2. The molecule has 2 aromatic rings. The number of carbonyl (C=O) groups excluding carboxylic acids is 1. The number of nitrogens with zero attached hydrogens (tertiary/aromatic N) is 4. The average molecular weight is 398 g/mol. The fourth-order valence-electron chi connectivity index (χ4n) is 4.09. The molecule has 4 rings (SSSR count). The topological polar surface area (TPSA) is 58.6 Å². The number of amides is 1. The van der Waals surface area contributed by atoms with Gasteiger partial charge in [-0.1, -0.05) is 18.6 Å². The second-order valence-corrected chi connectivity index (χ2v) is 7.74. The van der Waals surface area contributed by atoms with E-state index in [0.29, 0.717) is 31.9 Å². The normalized spacial score (nSPS) is 20.6. The smallest absolute Gasteiger partial charge is 0.257 e. The number of halogens is 1. The zero-order valence-corrected chi connectivity index (χ0v) is 16.8. The van der Waals surface area contributed by atoms with E-state index in [0.717, 1.165) is 49.4 Å². The lowest BCUT2D eigenvalue weighted by Crippen LogP contribution is -2.41. The quantitative estimate of drug-likeness (QED) is 0.792. The summed E-state index contributed by atoms with van der Waals surface area (Å²) in [5.41, 5.74) is 2.37. The van der Waals surface area contributed by atoms with Gasteiger partial charge in [0.1, 0.15) is 11.6 Å². The monoisotopic (exact) mass is 398 g/mol. The number of aryl methyl sites for hydroxylation is 1. The van der Waals surface area contributed by atoms with Gasteiger partial charge in [0.05, 0.1) is 30.5 Å². The Balaban J connectivity index is 1.51. The summed E-state index contributed by atoms with van der Waals surface area (Å²) in [6, 6.07) is 6.77. The van der Waals surface area contributed by atoms with Crippen molar-refractivity contribution in [2.75, 3.05) is 32.8 Å². The largest absolute Gasteiger partial charge is 0.378 e. The van der Waals surface area contributed by atoms with Crippen molar-refractivity contribution in [1.29, 1.82) is 0 Å². The molecular weight excluding hydrogens is 371 g/mol. The van der Waals surface area contributed by atoms with Crippen LogP contribution in [0.4, 0.5) is 4.39 Å². The third kappa shape index (κ3) is 4.62. The molecule has 6 nitrogen and oxygen atoms in total. The molecule has 7 heteroatoms. The van der Waals surface area contributed by atoms with Gasteiger partial charge in [-0.15, -0.1) is 0 Å². The van der Waals surface area contributed by atoms with Crippen LogP contribution in [0, 0.1) is 12.7 Å². The third-order valence-corrected chi connectivity index (χ3v) is 5.74. The zero-order valence-electron chi connectivity index (χ0n) is 16.8. The first kappa shape index (κ1) is 19.9. The van der Waals surface area contributed by atoms with Crippen molar-refractivity contribution in [1.82, 2.24) is 19.8 Å². The van der Waals surface area contributed by atoms with Gasteiger partial charge in [0.25, 0.3) is 5.91 Å². The molecule has 2 aliphatic rings. The molecule has 0 aliphatic carbocycles. The van der Waals surface area contributed by atoms with E-state index in [-0.39, 0.29) is 17.8 Å². The minimum Gasteiger partial charge on any atom is -0.378 e. The summed E-state index contributed by atoms with van der Waals surface area (Å²) in [6.45, 7) is 5.93. The standard InChI is InChI=1S/C22H27FN4O2/c1-16-19(22(28)26-10-12-29-13-11-26)14-24-21(25-16)20-4-2-3-9-27(20)15-17-5-7-18(23)8-6-17/h5-8,14,20H,2-4,9-13,15H2,1H3. The predicted molar refractivity (Wildman–Crippen MR) is 107 cm³/mol. The Morgan fingerprint density at radius 1 is 1.17 bits per heavy atom. The molecular formula is C22H27FN4O2. The summed E-state index contributed by atoms with van der Waals surface area (Å²) in [4.78, 5) is 26.3. The molecule has 0 spiro atoms. The third-order valence-electron chi connectivity index (χ3n) is 5.74. The van der Waals surface area contributed by atoms with E-state index in [4.69, 9.17) is 9.72 Å². The van der Waals surface area contributed by atoms with Crippen LogP contribution in [0.15, 0.2) is 30.5 Å². The molecule has 1 atom stereocenters. The Morgan fingerprint density at radius 3 is 2.66 bits per heavy atom. The minimum atomic E-state index is -0.219. The molecule has 29 heavy (non-hydrogen) atoms. The first-order valence-electron chi connectivity index (χ1n) is 10.3. The number of morpholine rings is 1. The van der Waals surface area contributed by atoms with E-state index in [2.05, 4.69) is 9.88 Å². The molecule has 1 aromatic carbocycles. The number of likely N-dealkylation sites (tertiary alicyclic amines) is 1. The fraction of sp³-hybridized carbons (Fsp3) is 0.500. The van der Waals surface area contributed by atoms with Gasteiger partial charge in [-0.2, -0.15) is 0 Å². The van der Waals surface area contributed by atoms with Crippen LogP contribution in [0.2, 0.25) is 0 Å². The summed E-state index contributed by atoms with van der Waals surface area (Å²) in [5, 5.41) is 0. The van der Waals surface area contributed by atoms with Gasteiger partial charge in [0.15, 0.2) is 0 Å². The number of carbonyl (C=O) groups is 1. The number of hydrogen-bond donors (Lipinski definition) is 0. The van der Waals surface area contributed by atoms with Crippen molar-refractivity contribution in [2.45, 2.75) is 38.8 Å². The van der Waals surface area contributed by atoms with Crippen LogP contribution < -0.4 is 0 Å². The lowest BCUT2D eigenvalue weighted by molar-refractivity contribution is 0.0301. The maximum Gasteiger partial charge on any atom is 0.257 e. The van der Waals surface area contributed by atoms with Gasteiger partial charge >= 0.3 is 0 Å². The lowest BCUT2D eigenvalue weighted by Gasteiger charge is -2.35. The second-order valence-electron chi connectivity index (χ2n) is 7.74. The number of piperidine rings is 1. The van der Waals surface area contributed by atoms with Gasteiger partial charge in [0, 0.05) is 25.8 Å². The minimum absolute atomic E-state index is 0.0239. The van der Waals surface area contributed by atoms with E-state index in [1.807, 2.05) is 19.1 Å². The van der Waals surface area contributed by atoms with E-state index >= 15 is 0 Å². The van der Waals surface area contributed by atoms with Crippen LogP contribution in [-0.4, -0.2) is 58.5 Å². The highest BCUT2D eigenvalue weighted by atomic mass is 19.1. The SMILES string of the molecule is Cc1nc(C2CCCCN2Cc2ccc(F)cc2)ncc1C(=O)N1CCOCC1. The number of rotatable bonds is 4. The van der Waals surface area contributed by atoms with Gasteiger partial charge in [-0.25, -0.2) is 14.4 Å². The molecule has 2 aliphatic heterocycles. The van der Waals surface area contributed by atoms with Crippen molar-refractivity contribution >= 4 is 5.91 Å². The van der Waals surface area contributed by atoms with Crippen molar-refractivity contribution < 1.29 is 13.9 Å². The molecule has 0 saturated carbocycles. The Bertz CT molecular complexity index is 852. The predicted octanol–water partition coefficient (Wildman–Crippen LogP) is 3.12. The summed E-state index contributed by atoms with van der Waals surface area (Å²) >= 11 is 0. The fourth-order valence-corrected chi connectivity index (χ4v) is 4.09. The van der Waals surface area contributed by atoms with Gasteiger partial charge in [-0.05, 0) is 44.0 Å². The molecule has 1 aromatic heterocycles. The van der Waals surface area contributed by atoms with E-state index in [1.54, 1.807) is 11.1 Å². The first-order valence-corrected chi connectivity index (χ1v) is 10.3. The molecule has 0 radical (unpaired) electrons. The van der Waals surface area contributed by atoms with Crippen LogP contribution in [0.5, 0.6) is 0 Å². The van der Waals surface area contributed by atoms with Crippen LogP contribution in [0.1, 0.15) is 52.7 Å². The molecule has 0 N–H and O–H groups in total. The molecule has 154 valence electrons. The second kappa shape index (κ2) is 8.97. The highest BCUT2D eigenvalue weighted by Crippen LogP contribution is 2.30. The molecule has 0 bridgehead atoms. The highest BCUT2D eigenvalue weighted by molar-refractivity contribution is 5.95. The van der Waals surface area contributed by atoms with E-state index in [9.17, 15) is 9.18 Å². The lowest BCUT2D eigenvalue weighted by atomic mass is 10.00. The van der Waals surface area contributed by atoms with Crippen molar-refractivity contribution in [2.24, 2.45) is 0 Å². The van der Waals surface area contributed by atoms with Crippen LogP contribution in [-0.2, 0) is 11.3 Å². The Labute approximate surface area is 170 Å². The first-order chi connectivity index (χ1) is 14.1. The summed E-state index contributed by atoms with van der Waals surface area (Å²) in [6.07, 6.45) is 4.92. The Morgan fingerprint density at radius 2 is 1.93 bits per heavy atom. The van der Waals surface area contributed by atoms with Crippen molar-refractivity contribution in [3.63, 3.8) is 0 Å². The van der Waals surface area contributed by atoms with Gasteiger partial charge in [-0.3, -0.25) is 9.69 Å². The van der Waals surface area contributed by atoms with E-state index in [1.165, 1.54) is 12.1 Å². The Hall–Kier alpha value is -2.38. The van der Waals surface area contributed by atoms with Gasteiger partial charge in [0.2, 0.25) is 0 Å². The summed E-state index contributed by atoms with van der Waals surface area (Å²) in [5.74, 6) is 0.524. The number of ether oxygens (including phenoxy) is 1. The van der Waals surface area contributed by atoms with Gasteiger partial charge < -0.3 is 9.64 Å². The number of hydrogen-bond acceptors (Lipinski definition) is 5. The highest BCUT2D eigenvalue weighted by Gasteiger charge is 2.28. The zero-order chi connectivity index (χ0) is 20.2. The van der Waals surface area contributed by atoms with Crippen LogP contribution in [0.3, 0.4) is 0 Å². The molecule has 1 amide bonds. The van der Waals surface area contributed by atoms with Crippen molar-refractivity contribution in [3.05, 3.63) is 58.9 Å². The maximum absolute atomic E-state index is 13.2. The molecule has 2 saturated heterocycles. The summed E-state index contributed by atoms with van der Waals surface area (Å²) < 4.78 is 18.5.